The molecule has 2 heterocycles. The number of pyridine rings is 1. The number of carbonyl (C=O) groups is 1. The minimum Gasteiger partial charge on any atom is -0.316 e. The average molecular weight is 314 g/mol. The van der Waals surface area contributed by atoms with Gasteiger partial charge in [-0.05, 0) is 31.2 Å². The number of hydrogen-bond acceptors (Lipinski definition) is 3. The lowest BCUT2D eigenvalue weighted by Gasteiger charge is -2.07. The molecule has 22 heavy (non-hydrogen) atoms. The largest absolute Gasteiger partial charge is 0.316 e. The highest BCUT2D eigenvalue weighted by Gasteiger charge is 2.10. The van der Waals surface area contributed by atoms with Crippen molar-refractivity contribution in [1.82, 2.24) is 9.38 Å². The molecule has 0 bridgehead atoms. The van der Waals surface area contributed by atoms with Crippen molar-refractivity contribution in [2.24, 2.45) is 0 Å². The number of rotatable bonds is 2. The molecule has 0 aliphatic heterocycles. The highest BCUT2D eigenvalue weighted by Crippen LogP contribution is 2.10. The van der Waals surface area contributed by atoms with Crippen LogP contribution in [-0.2, 0) is 0 Å². The van der Waals surface area contributed by atoms with E-state index in [0.717, 1.165) is 5.56 Å². The summed E-state index contributed by atoms with van der Waals surface area (Å²) in [7, 11) is 0. The summed E-state index contributed by atoms with van der Waals surface area (Å²) in [5, 5.41) is 2.99. The van der Waals surface area contributed by atoms with E-state index < -0.39 is 0 Å². The van der Waals surface area contributed by atoms with E-state index in [1.54, 1.807) is 24.3 Å². The second-order valence-corrected chi connectivity index (χ2v) is 5.31. The predicted octanol–water partition coefficient (Wildman–Crippen LogP) is 2.91. The lowest BCUT2D eigenvalue weighted by atomic mass is 10.1. The van der Waals surface area contributed by atoms with Crippen LogP contribution in [0.2, 0.25) is 5.02 Å². The fourth-order valence-electron chi connectivity index (χ4n) is 2.04. The minimum atomic E-state index is -0.382. The number of nitrogens with zero attached hydrogens (tertiary/aromatic N) is 2. The maximum absolute atomic E-state index is 12.4. The Kier molecular flexibility index (Phi) is 3.65. The molecule has 0 fully saturated rings. The standard InChI is InChI=1S/C16H12ClN3O2/c1-10-2-4-11(5-3-10)15(21)19-13-8-18-14-7-6-12(17)9-20(14)16(13)22/h2-9H,1H3,(H,19,21). The van der Waals surface area contributed by atoms with E-state index >= 15 is 0 Å². The molecule has 0 unspecified atom stereocenters. The fraction of sp³-hybridized carbons (Fsp3) is 0.0625. The summed E-state index contributed by atoms with van der Waals surface area (Å²) < 4.78 is 1.30. The third-order valence-electron chi connectivity index (χ3n) is 3.23. The van der Waals surface area contributed by atoms with E-state index in [0.29, 0.717) is 16.2 Å². The lowest BCUT2D eigenvalue weighted by molar-refractivity contribution is 0.102. The number of amides is 1. The Morgan fingerprint density at radius 2 is 1.91 bits per heavy atom. The minimum absolute atomic E-state index is 0.102. The maximum atomic E-state index is 12.4. The molecule has 0 aliphatic carbocycles. The molecule has 0 saturated heterocycles. The molecule has 6 heteroatoms. The van der Waals surface area contributed by atoms with E-state index in [-0.39, 0.29) is 17.2 Å². The monoisotopic (exact) mass is 313 g/mol. The van der Waals surface area contributed by atoms with Gasteiger partial charge in [-0.15, -0.1) is 0 Å². The highest BCUT2D eigenvalue weighted by atomic mass is 35.5. The molecule has 0 aliphatic rings. The maximum Gasteiger partial charge on any atom is 0.281 e. The molecule has 110 valence electrons. The first-order valence-corrected chi connectivity index (χ1v) is 6.97. The molecule has 5 nitrogen and oxygen atoms in total. The molecule has 3 aromatic rings. The predicted molar refractivity (Wildman–Crippen MR) is 85.6 cm³/mol. The number of halogens is 1. The molecule has 2 aromatic heterocycles. The van der Waals surface area contributed by atoms with Crippen molar-refractivity contribution in [2.75, 3.05) is 5.32 Å². The van der Waals surface area contributed by atoms with Crippen LogP contribution in [0.25, 0.3) is 5.65 Å². The van der Waals surface area contributed by atoms with E-state index in [4.69, 9.17) is 11.6 Å². The van der Waals surface area contributed by atoms with Crippen LogP contribution in [0, 0.1) is 6.92 Å². The van der Waals surface area contributed by atoms with Crippen LogP contribution in [0.1, 0.15) is 15.9 Å². The van der Waals surface area contributed by atoms with Crippen molar-refractivity contribution in [3.8, 4) is 0 Å². The van der Waals surface area contributed by atoms with Gasteiger partial charge in [0, 0.05) is 11.8 Å². The first-order chi connectivity index (χ1) is 10.5. The highest BCUT2D eigenvalue weighted by molar-refractivity contribution is 6.30. The van der Waals surface area contributed by atoms with Crippen molar-refractivity contribution in [1.29, 1.82) is 0 Å². The van der Waals surface area contributed by atoms with Gasteiger partial charge in [0.2, 0.25) is 0 Å². The van der Waals surface area contributed by atoms with Crippen LogP contribution in [0.15, 0.2) is 53.6 Å². The third kappa shape index (κ3) is 2.71. The molecule has 3 rings (SSSR count). The van der Waals surface area contributed by atoms with Crippen LogP contribution < -0.4 is 10.9 Å². The van der Waals surface area contributed by atoms with Crippen molar-refractivity contribution in [3.63, 3.8) is 0 Å². The Hall–Kier alpha value is -2.66. The van der Waals surface area contributed by atoms with Gasteiger partial charge in [-0.3, -0.25) is 14.0 Å². The van der Waals surface area contributed by atoms with E-state index in [2.05, 4.69) is 10.3 Å². The number of hydrogen-bond donors (Lipinski definition) is 1. The van der Waals surface area contributed by atoms with Crippen LogP contribution in [0.4, 0.5) is 5.69 Å². The van der Waals surface area contributed by atoms with Gasteiger partial charge in [0.15, 0.2) is 0 Å². The summed E-state index contributed by atoms with van der Waals surface area (Å²) >= 11 is 5.88. The normalized spacial score (nSPS) is 10.6. The summed E-state index contributed by atoms with van der Waals surface area (Å²) in [6.07, 6.45) is 2.81. The number of carbonyl (C=O) groups excluding carboxylic acids is 1. The topological polar surface area (TPSA) is 63.5 Å². The van der Waals surface area contributed by atoms with Gasteiger partial charge in [0.1, 0.15) is 11.3 Å². The summed E-state index contributed by atoms with van der Waals surface area (Å²) in [5.74, 6) is -0.360. The average Bonchev–Trinajstić information content (AvgIpc) is 2.51. The smallest absolute Gasteiger partial charge is 0.281 e. The summed E-state index contributed by atoms with van der Waals surface area (Å²) in [6.45, 7) is 1.94. The Morgan fingerprint density at radius 3 is 2.64 bits per heavy atom. The Morgan fingerprint density at radius 1 is 1.18 bits per heavy atom. The Labute approximate surface area is 131 Å². The zero-order valence-electron chi connectivity index (χ0n) is 11.7. The molecule has 0 saturated carbocycles. The number of benzene rings is 1. The number of anilines is 1. The first-order valence-electron chi connectivity index (χ1n) is 6.59. The van der Waals surface area contributed by atoms with Crippen LogP contribution >= 0.6 is 11.6 Å². The molecule has 0 radical (unpaired) electrons. The molecular formula is C16H12ClN3O2. The van der Waals surface area contributed by atoms with Crippen molar-refractivity contribution >= 4 is 28.8 Å². The van der Waals surface area contributed by atoms with Gasteiger partial charge in [0.05, 0.1) is 11.2 Å². The van der Waals surface area contributed by atoms with Crippen LogP contribution in [0.5, 0.6) is 0 Å². The molecule has 1 N–H and O–H groups in total. The summed E-state index contributed by atoms with van der Waals surface area (Å²) in [4.78, 5) is 28.7. The fourth-order valence-corrected chi connectivity index (χ4v) is 2.20. The molecular weight excluding hydrogens is 302 g/mol. The first kappa shape index (κ1) is 14.3. The number of aromatic nitrogens is 2. The lowest BCUT2D eigenvalue weighted by Crippen LogP contribution is -2.23. The SMILES string of the molecule is Cc1ccc(C(=O)Nc2cnc3ccc(Cl)cn3c2=O)cc1. The molecule has 1 aromatic carbocycles. The van der Waals surface area contributed by atoms with Gasteiger partial charge in [-0.1, -0.05) is 29.3 Å². The van der Waals surface area contributed by atoms with Crippen LogP contribution in [-0.4, -0.2) is 15.3 Å². The van der Waals surface area contributed by atoms with Gasteiger partial charge in [-0.2, -0.15) is 0 Å². The summed E-state index contributed by atoms with van der Waals surface area (Å²) in [5.41, 5.74) is 1.71. The second kappa shape index (κ2) is 5.61. The van der Waals surface area contributed by atoms with Gasteiger partial charge in [0.25, 0.3) is 11.5 Å². The number of aryl methyl sites for hydroxylation is 1. The van der Waals surface area contributed by atoms with Gasteiger partial charge < -0.3 is 5.32 Å². The third-order valence-corrected chi connectivity index (χ3v) is 3.45. The van der Waals surface area contributed by atoms with Gasteiger partial charge >= 0.3 is 0 Å². The van der Waals surface area contributed by atoms with Crippen molar-refractivity contribution in [3.05, 3.63) is 75.3 Å². The van der Waals surface area contributed by atoms with E-state index in [1.807, 2.05) is 19.1 Å². The summed E-state index contributed by atoms with van der Waals surface area (Å²) in [6, 6.07) is 10.4. The molecule has 0 spiro atoms. The second-order valence-electron chi connectivity index (χ2n) is 4.87. The van der Waals surface area contributed by atoms with Crippen molar-refractivity contribution < 1.29 is 4.79 Å². The number of fused-ring (bicyclic) bond motifs is 1. The van der Waals surface area contributed by atoms with Crippen molar-refractivity contribution in [2.45, 2.75) is 6.92 Å². The van der Waals surface area contributed by atoms with Crippen LogP contribution in [0.3, 0.4) is 0 Å². The zero-order valence-corrected chi connectivity index (χ0v) is 12.5. The Bertz CT molecular complexity index is 917. The van der Waals surface area contributed by atoms with Gasteiger partial charge in [-0.25, -0.2) is 4.98 Å². The molecule has 1 amide bonds. The van der Waals surface area contributed by atoms with E-state index in [9.17, 15) is 9.59 Å². The molecule has 0 atom stereocenters. The zero-order chi connectivity index (χ0) is 15.7. The quantitative estimate of drug-likeness (QED) is 0.791. The number of nitrogens with one attached hydrogen (secondary N) is 1. The van der Waals surface area contributed by atoms with E-state index in [1.165, 1.54) is 16.8 Å². The Balaban J connectivity index is 1.97.